The second kappa shape index (κ2) is 3.89. The Hall–Kier alpha value is -0.820. The van der Waals surface area contributed by atoms with Crippen LogP contribution in [0.15, 0.2) is 24.3 Å². The molecule has 2 atom stereocenters. The van der Waals surface area contributed by atoms with Crippen molar-refractivity contribution in [2.75, 3.05) is 6.54 Å². The third-order valence-corrected chi connectivity index (χ3v) is 4.26. The lowest BCUT2D eigenvalue weighted by molar-refractivity contribution is 0.558. The molecular weight excluding hydrogens is 194 g/mol. The first-order valence-corrected chi connectivity index (χ1v) is 6.29. The van der Waals surface area contributed by atoms with Crippen LogP contribution >= 0.6 is 0 Å². The topological polar surface area (TPSA) is 26.0 Å². The predicted octanol–water partition coefficient (Wildman–Crippen LogP) is 3.51. The lowest BCUT2D eigenvalue weighted by Crippen LogP contribution is -2.05. The van der Waals surface area contributed by atoms with E-state index in [1.165, 1.54) is 11.1 Å². The van der Waals surface area contributed by atoms with Gasteiger partial charge in [0.15, 0.2) is 0 Å². The Morgan fingerprint density at radius 3 is 2.38 bits per heavy atom. The molecular formula is C15H23N. The first kappa shape index (κ1) is 11.7. The number of nitrogens with two attached hydrogens (primary N) is 1. The van der Waals surface area contributed by atoms with Gasteiger partial charge in [-0.2, -0.15) is 0 Å². The zero-order chi connectivity index (χ0) is 11.9. The van der Waals surface area contributed by atoms with Crippen molar-refractivity contribution in [3.8, 4) is 0 Å². The Bertz CT molecular complexity index is 379. The molecule has 1 heteroatoms. The molecule has 2 rings (SSSR count). The Kier molecular flexibility index (Phi) is 2.83. The molecule has 1 aromatic carbocycles. The van der Waals surface area contributed by atoms with Crippen molar-refractivity contribution in [1.29, 1.82) is 0 Å². The molecule has 0 heterocycles. The van der Waals surface area contributed by atoms with Crippen molar-refractivity contribution in [2.24, 2.45) is 17.1 Å². The van der Waals surface area contributed by atoms with Gasteiger partial charge in [-0.05, 0) is 40.8 Å². The van der Waals surface area contributed by atoms with Crippen LogP contribution in [0.25, 0.3) is 0 Å². The molecule has 1 aliphatic carbocycles. The zero-order valence-corrected chi connectivity index (χ0v) is 10.8. The lowest BCUT2D eigenvalue weighted by Gasteiger charge is -2.13. The van der Waals surface area contributed by atoms with Crippen LogP contribution in [-0.4, -0.2) is 6.54 Å². The number of rotatable bonds is 3. The van der Waals surface area contributed by atoms with Crippen molar-refractivity contribution < 1.29 is 0 Å². The summed E-state index contributed by atoms with van der Waals surface area (Å²) in [4.78, 5) is 0. The lowest BCUT2D eigenvalue weighted by atomic mass is 9.92. The van der Waals surface area contributed by atoms with Gasteiger partial charge in [0, 0.05) is 0 Å². The average Bonchev–Trinajstić information content (AvgIpc) is 2.80. The SMILES string of the molecule is CC(C)c1ccccc1C1C(CN)C1(C)C. The van der Waals surface area contributed by atoms with Crippen molar-refractivity contribution in [2.45, 2.75) is 39.5 Å². The standard InChI is InChI=1S/C15H23N/c1-10(2)11-7-5-6-8-12(11)14-13(9-16)15(14,3)4/h5-8,10,13-14H,9,16H2,1-4H3. The third kappa shape index (κ3) is 1.67. The minimum Gasteiger partial charge on any atom is -0.330 e. The molecule has 0 amide bonds. The van der Waals surface area contributed by atoms with Crippen molar-refractivity contribution >= 4 is 0 Å². The Morgan fingerprint density at radius 2 is 1.88 bits per heavy atom. The molecule has 2 N–H and O–H groups in total. The predicted molar refractivity (Wildman–Crippen MR) is 69.6 cm³/mol. The number of hydrogen-bond donors (Lipinski definition) is 1. The summed E-state index contributed by atoms with van der Waals surface area (Å²) in [6.45, 7) is 10.0. The summed E-state index contributed by atoms with van der Waals surface area (Å²) in [6, 6.07) is 8.86. The molecule has 0 saturated heterocycles. The molecule has 0 aliphatic heterocycles. The summed E-state index contributed by atoms with van der Waals surface area (Å²) >= 11 is 0. The van der Waals surface area contributed by atoms with Gasteiger partial charge in [0.05, 0.1) is 0 Å². The summed E-state index contributed by atoms with van der Waals surface area (Å²) in [5.74, 6) is 1.93. The fourth-order valence-electron chi connectivity index (χ4n) is 3.12. The monoisotopic (exact) mass is 217 g/mol. The smallest absolute Gasteiger partial charge is 0.00375 e. The number of hydrogen-bond acceptors (Lipinski definition) is 1. The minimum absolute atomic E-state index is 0.389. The summed E-state index contributed by atoms with van der Waals surface area (Å²) in [6.07, 6.45) is 0. The van der Waals surface area contributed by atoms with Crippen molar-refractivity contribution in [1.82, 2.24) is 0 Å². The zero-order valence-electron chi connectivity index (χ0n) is 10.8. The Labute approximate surface area is 99.0 Å². The second-order valence-electron chi connectivity index (χ2n) is 5.92. The van der Waals surface area contributed by atoms with E-state index in [0.29, 0.717) is 23.2 Å². The van der Waals surface area contributed by atoms with Gasteiger partial charge in [0.1, 0.15) is 0 Å². The fourth-order valence-corrected chi connectivity index (χ4v) is 3.12. The van der Waals surface area contributed by atoms with Gasteiger partial charge < -0.3 is 5.73 Å². The third-order valence-electron chi connectivity index (χ3n) is 4.26. The molecule has 1 aliphatic rings. The van der Waals surface area contributed by atoms with E-state index in [4.69, 9.17) is 5.73 Å². The second-order valence-corrected chi connectivity index (χ2v) is 5.92. The molecule has 2 unspecified atom stereocenters. The van der Waals surface area contributed by atoms with E-state index in [9.17, 15) is 0 Å². The minimum atomic E-state index is 0.389. The largest absolute Gasteiger partial charge is 0.330 e. The van der Waals surface area contributed by atoms with Crippen LogP contribution in [0.3, 0.4) is 0 Å². The van der Waals surface area contributed by atoms with Crippen LogP contribution in [-0.2, 0) is 0 Å². The maximum absolute atomic E-state index is 5.86. The Morgan fingerprint density at radius 1 is 1.25 bits per heavy atom. The number of benzene rings is 1. The van der Waals surface area contributed by atoms with Gasteiger partial charge in [-0.3, -0.25) is 0 Å². The molecule has 16 heavy (non-hydrogen) atoms. The van der Waals surface area contributed by atoms with Gasteiger partial charge in [-0.15, -0.1) is 0 Å². The fraction of sp³-hybridized carbons (Fsp3) is 0.600. The normalized spacial score (nSPS) is 27.1. The highest BCUT2D eigenvalue weighted by atomic mass is 14.7. The van der Waals surface area contributed by atoms with Crippen LogP contribution in [0, 0.1) is 11.3 Å². The van der Waals surface area contributed by atoms with Crippen LogP contribution in [0.1, 0.15) is 50.7 Å². The summed E-state index contributed by atoms with van der Waals surface area (Å²) in [7, 11) is 0. The van der Waals surface area contributed by atoms with Crippen LogP contribution < -0.4 is 5.73 Å². The molecule has 0 aromatic heterocycles. The molecule has 88 valence electrons. The molecule has 0 bridgehead atoms. The van der Waals surface area contributed by atoms with E-state index < -0.39 is 0 Å². The molecule has 1 fully saturated rings. The summed E-state index contributed by atoms with van der Waals surface area (Å²) in [5, 5.41) is 0. The molecule has 1 aromatic rings. The maximum atomic E-state index is 5.86. The highest BCUT2D eigenvalue weighted by Crippen LogP contribution is 2.64. The molecule has 0 radical (unpaired) electrons. The van der Waals surface area contributed by atoms with Crippen LogP contribution in [0.4, 0.5) is 0 Å². The van der Waals surface area contributed by atoms with E-state index in [1.54, 1.807) is 0 Å². The molecule has 0 spiro atoms. The van der Waals surface area contributed by atoms with Gasteiger partial charge >= 0.3 is 0 Å². The molecule has 1 nitrogen and oxygen atoms in total. The summed E-state index contributed by atoms with van der Waals surface area (Å²) < 4.78 is 0. The maximum Gasteiger partial charge on any atom is -0.00375 e. The Balaban J connectivity index is 2.36. The van der Waals surface area contributed by atoms with Gasteiger partial charge in [-0.25, -0.2) is 0 Å². The van der Waals surface area contributed by atoms with Crippen molar-refractivity contribution in [3.05, 3.63) is 35.4 Å². The van der Waals surface area contributed by atoms with E-state index in [0.717, 1.165) is 6.54 Å². The van der Waals surface area contributed by atoms with Gasteiger partial charge in [0.2, 0.25) is 0 Å². The highest BCUT2D eigenvalue weighted by molar-refractivity contribution is 5.39. The van der Waals surface area contributed by atoms with E-state index in [-0.39, 0.29) is 0 Å². The first-order valence-electron chi connectivity index (χ1n) is 6.29. The summed E-state index contributed by atoms with van der Waals surface area (Å²) in [5.41, 5.74) is 9.27. The van der Waals surface area contributed by atoms with Crippen LogP contribution in [0.2, 0.25) is 0 Å². The average molecular weight is 217 g/mol. The van der Waals surface area contributed by atoms with Crippen molar-refractivity contribution in [3.63, 3.8) is 0 Å². The van der Waals surface area contributed by atoms with Crippen LogP contribution in [0.5, 0.6) is 0 Å². The van der Waals surface area contributed by atoms with E-state index in [1.807, 2.05) is 0 Å². The van der Waals surface area contributed by atoms with E-state index in [2.05, 4.69) is 52.0 Å². The quantitative estimate of drug-likeness (QED) is 0.824. The van der Waals surface area contributed by atoms with Gasteiger partial charge in [-0.1, -0.05) is 52.0 Å². The highest BCUT2D eigenvalue weighted by Gasteiger charge is 2.57. The van der Waals surface area contributed by atoms with E-state index >= 15 is 0 Å². The van der Waals surface area contributed by atoms with Gasteiger partial charge in [0.25, 0.3) is 0 Å². The molecule has 1 saturated carbocycles. The first-order chi connectivity index (χ1) is 7.50.